The highest BCUT2D eigenvalue weighted by Crippen LogP contribution is 2.38. The van der Waals surface area contributed by atoms with Gasteiger partial charge in [0.1, 0.15) is 0 Å². The fourth-order valence-electron chi connectivity index (χ4n) is 10.9. The third-order valence-electron chi connectivity index (χ3n) is 17.1. The molecule has 1 aliphatic rings. The van der Waals surface area contributed by atoms with E-state index in [0.717, 1.165) is 81.2 Å². The van der Waals surface area contributed by atoms with Crippen molar-refractivity contribution in [2.24, 2.45) is 0 Å². The van der Waals surface area contributed by atoms with Crippen LogP contribution in [0.25, 0.3) is 124 Å². The molecule has 0 amide bonds. The molecule has 12 heteroatoms. The summed E-state index contributed by atoms with van der Waals surface area (Å²) in [4.78, 5) is 29.4. The lowest BCUT2D eigenvalue weighted by Gasteiger charge is -2.32. The van der Waals surface area contributed by atoms with Crippen molar-refractivity contribution in [3.8, 4) is 124 Å². The number of aromatic nitrogens is 6. The van der Waals surface area contributed by atoms with Crippen LogP contribution in [0.4, 0.5) is 0 Å². The molecule has 2 aromatic heterocycles. The van der Waals surface area contributed by atoms with Crippen LogP contribution in [-0.4, -0.2) is 48.2 Å². The highest BCUT2D eigenvalue weighted by atomic mass is 127. The van der Waals surface area contributed by atoms with Crippen molar-refractivity contribution in [2.75, 3.05) is 0 Å². The van der Waals surface area contributed by atoms with Gasteiger partial charge in [-0.15, -0.1) is 0 Å². The number of nitrogens with zero attached hydrogens (tertiary/aromatic N) is 6. The fourth-order valence-corrected chi connectivity index (χ4v) is 11.8. The van der Waals surface area contributed by atoms with Crippen LogP contribution in [0, 0.1) is 3.57 Å². The topological polar surface area (TPSA) is 95.8 Å². The van der Waals surface area contributed by atoms with Crippen LogP contribution in [0.2, 0.25) is 0 Å². The van der Waals surface area contributed by atoms with E-state index >= 15 is 0 Å². The quantitative estimate of drug-likeness (QED) is 0.0882. The number of rotatable bonds is 12. The zero-order valence-electron chi connectivity index (χ0n) is 53.2. The smallest absolute Gasteiger partial charge is 0.399 e. The minimum atomic E-state index is -0.377. The Kier molecular flexibility index (Phi) is 20.0. The van der Waals surface area contributed by atoms with Gasteiger partial charge in [0.25, 0.3) is 0 Å². The van der Waals surface area contributed by atoms with Gasteiger partial charge >= 0.3 is 7.12 Å². The maximum atomic E-state index is 6.23. The Morgan fingerprint density at radius 2 is 0.417 bits per heavy atom. The Morgan fingerprint density at radius 1 is 0.240 bits per heavy atom. The van der Waals surface area contributed by atoms with Crippen LogP contribution in [-0.2, 0) is 9.31 Å². The molecule has 1 fully saturated rings. The molecule has 3 heterocycles. The Balaban J connectivity index is 0.000000155. The molecular weight excluding hydrogens is 1420 g/mol. The summed E-state index contributed by atoms with van der Waals surface area (Å²) in [6, 6.07) is 108. The van der Waals surface area contributed by atoms with Crippen molar-refractivity contribution in [1.82, 2.24) is 29.9 Å². The monoisotopic (exact) mass is 1480 g/mol. The highest BCUT2D eigenvalue weighted by Gasteiger charge is 2.51. The van der Waals surface area contributed by atoms with Crippen molar-refractivity contribution in [1.29, 1.82) is 0 Å². The number of benzene rings is 12. The van der Waals surface area contributed by atoms with E-state index in [-0.39, 0.29) is 18.3 Å². The average Bonchev–Trinajstić information content (AvgIpc) is 1.57. The lowest BCUT2D eigenvalue weighted by molar-refractivity contribution is 0.00578. The number of hydrogen-bond acceptors (Lipinski definition) is 8. The molecular formula is C84H64BBr2IN6O2. The third-order valence-corrected chi connectivity index (χ3v) is 18.9. The van der Waals surface area contributed by atoms with Gasteiger partial charge < -0.3 is 9.31 Å². The summed E-state index contributed by atoms with van der Waals surface area (Å²) in [5.41, 5.74) is 17.5. The van der Waals surface area contributed by atoms with Gasteiger partial charge in [0.15, 0.2) is 34.9 Å². The first-order valence-corrected chi connectivity index (χ1v) is 34.3. The van der Waals surface area contributed by atoms with Crippen LogP contribution in [0.5, 0.6) is 0 Å². The molecule has 0 saturated carbocycles. The molecule has 96 heavy (non-hydrogen) atoms. The molecule has 0 atom stereocenters. The first-order valence-electron chi connectivity index (χ1n) is 31.6. The lowest BCUT2D eigenvalue weighted by atomic mass is 9.78. The molecule has 0 bridgehead atoms. The molecule has 14 aromatic rings. The van der Waals surface area contributed by atoms with Gasteiger partial charge in [-0.05, 0) is 148 Å². The van der Waals surface area contributed by atoms with Crippen LogP contribution >= 0.6 is 54.5 Å². The molecule has 0 spiro atoms. The van der Waals surface area contributed by atoms with Gasteiger partial charge in [0.05, 0.1) is 11.2 Å². The van der Waals surface area contributed by atoms with Crippen molar-refractivity contribution >= 4 is 67.0 Å². The SMILES string of the molecule is Brc1ccc(-c2ccc(-c3ccc(-c4nc(-c5ccccc5)nc(-c5ccc(-c6ccccc6)cc5)n4)cc3)cc2)cc1.Brc1ccc(I)cc1.CC1(C)OB(c2ccc(-c3ccc(-c4nc(-c5ccccc5)nc(-c5ccc(-c6ccccc6)cc5)n4)cc3)cc2)OC1(C)C. The van der Waals surface area contributed by atoms with Crippen molar-refractivity contribution < 1.29 is 9.31 Å². The number of hydrogen-bond donors (Lipinski definition) is 0. The van der Waals surface area contributed by atoms with E-state index in [4.69, 9.17) is 39.2 Å². The summed E-state index contributed by atoms with van der Waals surface area (Å²) >= 11 is 9.13. The van der Waals surface area contributed by atoms with E-state index in [1.807, 2.05) is 84.9 Å². The first-order chi connectivity index (χ1) is 46.7. The molecule has 12 aromatic carbocycles. The van der Waals surface area contributed by atoms with Gasteiger partial charge in [-0.2, -0.15) is 0 Å². The first kappa shape index (κ1) is 65.0. The van der Waals surface area contributed by atoms with Gasteiger partial charge in [0, 0.05) is 45.9 Å². The van der Waals surface area contributed by atoms with Gasteiger partial charge in [-0.25, -0.2) is 29.9 Å². The molecule has 0 radical (unpaired) electrons. The van der Waals surface area contributed by atoms with Crippen molar-refractivity contribution in [2.45, 2.75) is 38.9 Å². The van der Waals surface area contributed by atoms with E-state index in [1.54, 1.807) is 0 Å². The van der Waals surface area contributed by atoms with Crippen LogP contribution in [0.3, 0.4) is 0 Å². The molecule has 1 saturated heterocycles. The maximum absolute atomic E-state index is 6.23. The van der Waals surface area contributed by atoms with Crippen LogP contribution in [0.15, 0.2) is 324 Å². The summed E-state index contributed by atoms with van der Waals surface area (Å²) in [6.07, 6.45) is 0. The van der Waals surface area contributed by atoms with Gasteiger partial charge in [0.2, 0.25) is 0 Å². The molecule has 15 rings (SSSR count). The Bertz CT molecular complexity index is 4850. The van der Waals surface area contributed by atoms with E-state index in [0.29, 0.717) is 34.9 Å². The van der Waals surface area contributed by atoms with Gasteiger partial charge in [-0.3, -0.25) is 0 Å². The summed E-state index contributed by atoms with van der Waals surface area (Å²) in [5.74, 6) is 3.86. The molecule has 8 nitrogen and oxygen atoms in total. The van der Waals surface area contributed by atoms with Crippen molar-refractivity contribution in [3.05, 3.63) is 328 Å². The average molecular weight is 1490 g/mol. The minimum absolute atomic E-state index is 0.368. The van der Waals surface area contributed by atoms with E-state index in [9.17, 15) is 0 Å². The minimum Gasteiger partial charge on any atom is -0.399 e. The zero-order chi connectivity index (χ0) is 66.0. The van der Waals surface area contributed by atoms with E-state index in [1.165, 1.54) is 25.8 Å². The summed E-state index contributed by atoms with van der Waals surface area (Å²) in [5, 5.41) is 0. The Morgan fingerprint density at radius 3 is 0.656 bits per heavy atom. The summed E-state index contributed by atoms with van der Waals surface area (Å²) in [7, 11) is -0.377. The Labute approximate surface area is 592 Å². The maximum Gasteiger partial charge on any atom is 0.494 e. The summed E-state index contributed by atoms with van der Waals surface area (Å²) in [6.45, 7) is 8.29. The predicted molar refractivity (Wildman–Crippen MR) is 410 cm³/mol. The molecule has 0 aliphatic carbocycles. The van der Waals surface area contributed by atoms with Crippen molar-refractivity contribution in [3.63, 3.8) is 0 Å². The normalized spacial score (nSPS) is 12.8. The van der Waals surface area contributed by atoms with Crippen LogP contribution in [0.1, 0.15) is 27.7 Å². The Hall–Kier alpha value is -9.67. The second kappa shape index (κ2) is 29.5. The summed E-state index contributed by atoms with van der Waals surface area (Å²) < 4.78 is 15.9. The largest absolute Gasteiger partial charge is 0.494 e. The van der Waals surface area contributed by atoms with E-state index < -0.39 is 0 Å². The predicted octanol–water partition coefficient (Wildman–Crippen LogP) is 22.2. The lowest BCUT2D eigenvalue weighted by Crippen LogP contribution is -2.41. The number of halogens is 3. The molecule has 466 valence electrons. The highest BCUT2D eigenvalue weighted by molar-refractivity contribution is 14.1. The van der Waals surface area contributed by atoms with Gasteiger partial charge in [-0.1, -0.05) is 311 Å². The second-order valence-electron chi connectivity index (χ2n) is 24.1. The third kappa shape index (κ3) is 15.7. The molecule has 0 N–H and O–H groups in total. The van der Waals surface area contributed by atoms with Crippen LogP contribution < -0.4 is 5.46 Å². The molecule has 0 unspecified atom stereocenters. The second-order valence-corrected chi connectivity index (χ2v) is 27.2. The fraction of sp³-hybridized carbons (Fsp3) is 0.0714. The standard InChI is InChI=1S/C39H34BN3O2.C39H26BrN3.C6H4BrI/c1-38(2)39(3,4)45-40(44-38)34-25-23-30(24-26-34)29-17-21-33(22-18-29)37-42-35(31-13-9-6-10-14-31)41-36(43-37)32-19-15-28(16-20-32)27-11-7-5-8-12-27;40-36-25-23-32(24-26-36)30-13-11-29(12-14-30)31-17-21-35(22-18-31)39-42-37(33-9-5-2-6-10-33)41-38(43-39)34-19-15-28(16-20-34)27-7-3-1-4-8-27;7-5-1-3-6(8)4-2-5/h5-26H,1-4H3;1-26H;1-4H. The molecule has 1 aliphatic heterocycles. The van der Waals surface area contributed by atoms with E-state index in [2.05, 4.69) is 313 Å². The zero-order valence-corrected chi connectivity index (χ0v) is 58.6.